The van der Waals surface area contributed by atoms with Crippen LogP contribution in [-0.4, -0.2) is 54.4 Å². The zero-order chi connectivity index (χ0) is 30.2. The first kappa shape index (κ1) is 29.5. The highest BCUT2D eigenvalue weighted by atomic mass is 32.2. The topological polar surface area (TPSA) is 118 Å². The predicted octanol–water partition coefficient (Wildman–Crippen LogP) is 5.57. The second-order valence-corrected chi connectivity index (χ2v) is 13.5. The standard InChI is InChI=1S/C29H32F4N6O3S/c30-18-12-19(15-34-14-18)37-28-36-11-6-22(38-28)20-2-1-10-35-27(20)42-23-13-21(31)26(25(33)24(23)32)39-43(40,41)16-29-7-3-17(4-8-29)5-9-29/h1-2,6,10-11,13,17-19,34,39H,3-5,7-9,12,14-16H2,(H,36,37,38)/t17?,18-,19-,29?/m0/s1. The fourth-order valence-electron chi connectivity index (χ4n) is 6.42. The molecule has 9 nitrogen and oxygen atoms in total. The van der Waals surface area contributed by atoms with Gasteiger partial charge in [0.2, 0.25) is 27.7 Å². The van der Waals surface area contributed by atoms with E-state index in [1.165, 1.54) is 12.4 Å². The van der Waals surface area contributed by atoms with Crippen molar-refractivity contribution in [3.8, 4) is 22.9 Å². The molecular weight excluding hydrogens is 588 g/mol. The highest BCUT2D eigenvalue weighted by molar-refractivity contribution is 7.92. The summed E-state index contributed by atoms with van der Waals surface area (Å²) < 4.78 is 92.6. The Hall–Kier alpha value is -3.52. The summed E-state index contributed by atoms with van der Waals surface area (Å²) in [4.78, 5) is 12.7. The van der Waals surface area contributed by atoms with Crippen LogP contribution >= 0.6 is 0 Å². The molecule has 1 aliphatic heterocycles. The molecule has 4 aliphatic rings. The van der Waals surface area contributed by atoms with Crippen molar-refractivity contribution in [1.29, 1.82) is 0 Å². The molecule has 2 bridgehead atoms. The van der Waals surface area contributed by atoms with E-state index in [1.54, 1.807) is 18.2 Å². The molecule has 4 fully saturated rings. The Balaban J connectivity index is 1.21. The summed E-state index contributed by atoms with van der Waals surface area (Å²) in [5.74, 6) is -5.10. The van der Waals surface area contributed by atoms with Gasteiger partial charge in [0, 0.05) is 44.0 Å². The number of anilines is 2. The fourth-order valence-corrected chi connectivity index (χ4v) is 8.23. The molecule has 0 radical (unpaired) electrons. The van der Waals surface area contributed by atoms with Crippen LogP contribution in [0.1, 0.15) is 44.9 Å². The molecule has 1 saturated heterocycles. The zero-order valence-electron chi connectivity index (χ0n) is 23.3. The number of benzene rings is 1. The lowest BCUT2D eigenvalue weighted by atomic mass is 9.62. The fraction of sp³-hybridized carbons (Fsp3) is 0.483. The monoisotopic (exact) mass is 620 g/mol. The van der Waals surface area contributed by atoms with E-state index in [4.69, 9.17) is 4.74 Å². The number of fused-ring (bicyclic) bond motifs is 3. The number of pyridine rings is 1. The second kappa shape index (κ2) is 11.9. The summed E-state index contributed by atoms with van der Waals surface area (Å²) in [5.41, 5.74) is -0.942. The zero-order valence-corrected chi connectivity index (χ0v) is 24.1. The maximum absolute atomic E-state index is 15.2. The van der Waals surface area contributed by atoms with Crippen LogP contribution < -0.4 is 20.1 Å². The van der Waals surface area contributed by atoms with E-state index in [9.17, 15) is 12.8 Å². The number of sulfonamides is 1. The van der Waals surface area contributed by atoms with E-state index < -0.39 is 50.5 Å². The van der Waals surface area contributed by atoms with Crippen LogP contribution in [0.4, 0.5) is 29.2 Å². The molecule has 43 heavy (non-hydrogen) atoms. The van der Waals surface area contributed by atoms with Crippen molar-refractivity contribution >= 4 is 21.7 Å². The van der Waals surface area contributed by atoms with Crippen molar-refractivity contribution in [2.45, 2.75) is 57.2 Å². The first-order chi connectivity index (χ1) is 20.6. The van der Waals surface area contributed by atoms with Gasteiger partial charge in [0.05, 0.1) is 17.0 Å². The van der Waals surface area contributed by atoms with Gasteiger partial charge in [-0.05, 0) is 68.1 Å². The van der Waals surface area contributed by atoms with Crippen molar-refractivity contribution in [2.24, 2.45) is 11.3 Å². The Kier molecular flexibility index (Phi) is 8.16. The van der Waals surface area contributed by atoms with Crippen LogP contribution in [-0.2, 0) is 10.0 Å². The van der Waals surface area contributed by atoms with E-state index in [-0.39, 0.29) is 42.2 Å². The molecule has 2 aromatic heterocycles. The van der Waals surface area contributed by atoms with Crippen LogP contribution in [0.25, 0.3) is 11.3 Å². The average molecular weight is 621 g/mol. The number of hydrogen-bond donors (Lipinski definition) is 3. The number of ether oxygens (including phenoxy) is 1. The second-order valence-electron chi connectivity index (χ2n) is 11.8. The number of halogens is 4. The van der Waals surface area contributed by atoms with Crippen LogP contribution in [0, 0.1) is 28.8 Å². The van der Waals surface area contributed by atoms with Crippen molar-refractivity contribution < 1.29 is 30.7 Å². The maximum Gasteiger partial charge on any atom is 0.233 e. The summed E-state index contributed by atoms with van der Waals surface area (Å²) in [6.45, 7) is 0.806. The summed E-state index contributed by atoms with van der Waals surface area (Å²) in [6.07, 6.45) is 7.16. The highest BCUT2D eigenvalue weighted by Gasteiger charge is 2.43. The minimum Gasteiger partial charge on any atom is -0.435 e. The number of alkyl halides is 1. The molecule has 3 saturated carbocycles. The quantitative estimate of drug-likeness (QED) is 0.210. The molecule has 0 amide bonds. The Bertz CT molecular complexity index is 1590. The minimum atomic E-state index is -4.17. The van der Waals surface area contributed by atoms with E-state index in [0.717, 1.165) is 38.5 Å². The third-order valence-electron chi connectivity index (χ3n) is 8.67. The molecule has 2 atom stereocenters. The Labute approximate surface area is 246 Å². The summed E-state index contributed by atoms with van der Waals surface area (Å²) in [5, 5.41) is 6.06. The molecule has 0 spiro atoms. The number of hydrogen-bond acceptors (Lipinski definition) is 8. The number of nitrogens with zero attached hydrogens (tertiary/aromatic N) is 3. The first-order valence-corrected chi connectivity index (χ1v) is 16.0. The number of nitrogens with one attached hydrogen (secondary N) is 3. The molecule has 3 heterocycles. The first-order valence-electron chi connectivity index (χ1n) is 14.4. The van der Waals surface area contributed by atoms with Crippen LogP contribution in [0.2, 0.25) is 0 Å². The van der Waals surface area contributed by atoms with Gasteiger partial charge in [0.1, 0.15) is 11.9 Å². The third-order valence-corrected chi connectivity index (χ3v) is 10.2. The maximum atomic E-state index is 15.2. The number of aromatic nitrogens is 3. The highest BCUT2D eigenvalue weighted by Crippen LogP contribution is 2.51. The van der Waals surface area contributed by atoms with Gasteiger partial charge in [-0.2, -0.15) is 4.39 Å². The van der Waals surface area contributed by atoms with Gasteiger partial charge in [-0.1, -0.05) is 0 Å². The minimum absolute atomic E-state index is 0.201. The van der Waals surface area contributed by atoms with E-state index >= 15 is 13.2 Å². The number of rotatable bonds is 9. The van der Waals surface area contributed by atoms with Crippen LogP contribution in [0.15, 0.2) is 36.7 Å². The van der Waals surface area contributed by atoms with Gasteiger partial charge in [-0.25, -0.2) is 36.5 Å². The van der Waals surface area contributed by atoms with Gasteiger partial charge < -0.3 is 15.4 Å². The molecule has 1 aromatic carbocycles. The summed E-state index contributed by atoms with van der Waals surface area (Å²) in [7, 11) is -4.17. The molecular formula is C29H32F4N6O3S. The lowest BCUT2D eigenvalue weighted by Crippen LogP contribution is -2.44. The van der Waals surface area contributed by atoms with Crippen molar-refractivity contribution in [3.63, 3.8) is 0 Å². The van der Waals surface area contributed by atoms with E-state index in [2.05, 4.69) is 25.6 Å². The molecule has 3 aromatic rings. The summed E-state index contributed by atoms with van der Waals surface area (Å²) >= 11 is 0. The van der Waals surface area contributed by atoms with Crippen molar-refractivity contribution in [3.05, 3.63) is 54.1 Å². The SMILES string of the molecule is O=S(=O)(CC12CCC(CC1)CC2)Nc1c(F)cc(Oc2ncccc2-c2ccnc(N[C@@H]3CNC[C@@H](F)C3)n2)c(F)c1F. The van der Waals surface area contributed by atoms with Gasteiger partial charge >= 0.3 is 0 Å². The van der Waals surface area contributed by atoms with Crippen LogP contribution in [0.3, 0.4) is 0 Å². The molecule has 230 valence electrons. The molecule has 7 rings (SSSR count). The van der Waals surface area contributed by atoms with Crippen molar-refractivity contribution in [2.75, 3.05) is 28.9 Å². The Morgan fingerprint density at radius 1 is 1.02 bits per heavy atom. The molecule has 3 N–H and O–H groups in total. The normalized spacial score (nSPS) is 25.3. The van der Waals surface area contributed by atoms with Gasteiger partial charge in [-0.3, -0.25) is 4.72 Å². The van der Waals surface area contributed by atoms with Gasteiger partial charge in [0.15, 0.2) is 17.4 Å². The smallest absolute Gasteiger partial charge is 0.233 e. The molecule has 0 unspecified atom stereocenters. The number of piperidine rings is 1. The lowest BCUT2D eigenvalue weighted by molar-refractivity contribution is 0.0862. The van der Waals surface area contributed by atoms with E-state index in [1.807, 2.05) is 4.72 Å². The van der Waals surface area contributed by atoms with Gasteiger partial charge in [0.25, 0.3) is 0 Å². The molecule has 3 aliphatic carbocycles. The van der Waals surface area contributed by atoms with Crippen LogP contribution in [0.5, 0.6) is 11.6 Å². The summed E-state index contributed by atoms with van der Waals surface area (Å²) in [6, 6.07) is 5.02. The predicted molar refractivity (Wildman–Crippen MR) is 152 cm³/mol. The Morgan fingerprint density at radius 3 is 2.53 bits per heavy atom. The lowest BCUT2D eigenvalue weighted by Gasteiger charge is -2.46. The van der Waals surface area contributed by atoms with E-state index in [0.29, 0.717) is 24.2 Å². The average Bonchev–Trinajstić information content (AvgIpc) is 2.99. The molecule has 14 heteroatoms. The van der Waals surface area contributed by atoms with Crippen molar-refractivity contribution in [1.82, 2.24) is 20.3 Å². The Morgan fingerprint density at radius 2 is 1.79 bits per heavy atom. The van der Waals surface area contributed by atoms with Gasteiger partial charge in [-0.15, -0.1) is 0 Å². The third kappa shape index (κ3) is 6.54. The largest absolute Gasteiger partial charge is 0.435 e.